The number of rotatable bonds is 5. The monoisotopic (exact) mass is 392 g/mol. The number of aromatic carboxylic acids is 2. The van der Waals surface area contributed by atoms with Crippen LogP contribution in [0.25, 0.3) is 11.1 Å². The van der Waals surface area contributed by atoms with Gasteiger partial charge in [-0.1, -0.05) is 30.3 Å². The molecular formula is C17H10F6O4. The first-order chi connectivity index (χ1) is 12.4. The van der Waals surface area contributed by atoms with Gasteiger partial charge in [-0.3, -0.25) is 0 Å². The molecule has 1 atom stereocenters. The van der Waals surface area contributed by atoms with E-state index in [4.69, 9.17) is 10.2 Å². The van der Waals surface area contributed by atoms with E-state index < -0.39 is 46.9 Å². The predicted octanol–water partition coefficient (Wildman–Crippen LogP) is 4.96. The number of hydrogen-bond acceptors (Lipinski definition) is 2. The Morgan fingerprint density at radius 3 is 1.70 bits per heavy atom. The van der Waals surface area contributed by atoms with Crippen molar-refractivity contribution in [2.24, 2.45) is 0 Å². The Morgan fingerprint density at radius 2 is 1.26 bits per heavy atom. The lowest BCUT2D eigenvalue weighted by Crippen LogP contribution is -2.40. The van der Waals surface area contributed by atoms with E-state index in [0.29, 0.717) is 12.1 Å². The average molecular weight is 392 g/mol. The van der Waals surface area contributed by atoms with E-state index in [1.807, 2.05) is 0 Å². The van der Waals surface area contributed by atoms with Crippen molar-refractivity contribution in [3.8, 4) is 11.1 Å². The standard InChI is InChI=1S/C17H10F6O4/c18-13(16(19,20)17(21,22)23)9-3-1-8(2-4-9)10-5-6-11(14(24)25)12(7-10)15(26)27/h1-7,13H,(H,24,25)(H,26,27). The number of hydrogen-bond donors (Lipinski definition) is 2. The molecule has 0 aliphatic carbocycles. The van der Waals surface area contributed by atoms with Gasteiger partial charge in [-0.2, -0.15) is 22.0 Å². The van der Waals surface area contributed by atoms with Crippen LogP contribution in [0, 0.1) is 0 Å². The maximum Gasteiger partial charge on any atom is 0.456 e. The van der Waals surface area contributed by atoms with Gasteiger partial charge in [-0.25, -0.2) is 14.0 Å². The van der Waals surface area contributed by atoms with Gasteiger partial charge in [0.05, 0.1) is 11.1 Å². The largest absolute Gasteiger partial charge is 0.478 e. The van der Waals surface area contributed by atoms with Crippen LogP contribution in [0.1, 0.15) is 32.5 Å². The third-order valence-corrected chi connectivity index (χ3v) is 3.71. The Hall–Kier alpha value is -3.04. The highest BCUT2D eigenvalue weighted by molar-refractivity contribution is 6.02. The molecule has 2 N–H and O–H groups in total. The lowest BCUT2D eigenvalue weighted by molar-refractivity contribution is -0.305. The zero-order valence-corrected chi connectivity index (χ0v) is 13.1. The summed E-state index contributed by atoms with van der Waals surface area (Å²) in [5.41, 5.74) is -1.63. The Labute approximate surface area is 147 Å². The van der Waals surface area contributed by atoms with Gasteiger partial charge < -0.3 is 10.2 Å². The molecule has 0 bridgehead atoms. The summed E-state index contributed by atoms with van der Waals surface area (Å²) in [5.74, 6) is -8.59. The van der Waals surface area contributed by atoms with Crippen molar-refractivity contribution >= 4 is 11.9 Å². The molecule has 0 aliphatic heterocycles. The van der Waals surface area contributed by atoms with Crippen LogP contribution < -0.4 is 0 Å². The van der Waals surface area contributed by atoms with E-state index in [1.54, 1.807) is 0 Å². The van der Waals surface area contributed by atoms with Crippen LogP contribution in [0.5, 0.6) is 0 Å². The lowest BCUT2D eigenvalue weighted by Gasteiger charge is -2.23. The van der Waals surface area contributed by atoms with E-state index in [-0.39, 0.29) is 11.1 Å². The highest BCUT2D eigenvalue weighted by Crippen LogP contribution is 2.46. The SMILES string of the molecule is O=C(O)c1ccc(-c2ccc(C(F)C(F)(F)C(F)(F)F)cc2)cc1C(=O)O. The Bertz CT molecular complexity index is 874. The minimum atomic E-state index is -6.06. The fourth-order valence-electron chi connectivity index (χ4n) is 2.28. The number of benzene rings is 2. The van der Waals surface area contributed by atoms with Crippen molar-refractivity contribution in [1.82, 2.24) is 0 Å². The maximum absolute atomic E-state index is 13.6. The van der Waals surface area contributed by atoms with Crippen LogP contribution in [-0.2, 0) is 0 Å². The molecule has 0 aromatic heterocycles. The van der Waals surface area contributed by atoms with Crippen molar-refractivity contribution in [1.29, 1.82) is 0 Å². The first-order valence-corrected chi connectivity index (χ1v) is 7.16. The molecule has 0 saturated heterocycles. The summed E-state index contributed by atoms with van der Waals surface area (Å²) in [5, 5.41) is 18.0. The topological polar surface area (TPSA) is 74.6 Å². The minimum Gasteiger partial charge on any atom is -0.478 e. The molecule has 0 spiro atoms. The smallest absolute Gasteiger partial charge is 0.456 e. The number of alkyl halides is 6. The summed E-state index contributed by atoms with van der Waals surface area (Å²) in [7, 11) is 0. The zero-order chi connectivity index (χ0) is 20.6. The summed E-state index contributed by atoms with van der Waals surface area (Å²) >= 11 is 0. The zero-order valence-electron chi connectivity index (χ0n) is 13.1. The van der Waals surface area contributed by atoms with Crippen molar-refractivity contribution in [2.75, 3.05) is 0 Å². The van der Waals surface area contributed by atoms with Gasteiger partial charge in [0.2, 0.25) is 0 Å². The van der Waals surface area contributed by atoms with Crippen LogP contribution >= 0.6 is 0 Å². The maximum atomic E-state index is 13.6. The van der Waals surface area contributed by atoms with E-state index in [2.05, 4.69) is 0 Å². The third kappa shape index (κ3) is 3.88. The van der Waals surface area contributed by atoms with Crippen LogP contribution in [0.15, 0.2) is 42.5 Å². The molecule has 10 heteroatoms. The summed E-state index contributed by atoms with van der Waals surface area (Å²) < 4.78 is 76.5. The molecule has 1 unspecified atom stereocenters. The van der Waals surface area contributed by atoms with Crippen LogP contribution in [0.4, 0.5) is 26.3 Å². The molecule has 27 heavy (non-hydrogen) atoms. The first-order valence-electron chi connectivity index (χ1n) is 7.16. The second kappa shape index (κ2) is 6.93. The van der Waals surface area contributed by atoms with E-state index in [1.165, 1.54) is 6.07 Å². The average Bonchev–Trinajstić information content (AvgIpc) is 2.59. The van der Waals surface area contributed by atoms with Gasteiger partial charge in [0.1, 0.15) is 0 Å². The van der Waals surface area contributed by atoms with Crippen molar-refractivity contribution < 1.29 is 46.1 Å². The summed E-state index contributed by atoms with van der Waals surface area (Å²) in [6, 6.07) is 6.70. The predicted molar refractivity (Wildman–Crippen MR) is 80.6 cm³/mol. The minimum absolute atomic E-state index is 0.155. The van der Waals surface area contributed by atoms with Crippen LogP contribution in [0.3, 0.4) is 0 Å². The molecule has 2 aromatic carbocycles. The molecule has 4 nitrogen and oxygen atoms in total. The summed E-state index contributed by atoms with van der Waals surface area (Å²) in [6.45, 7) is 0. The normalized spacial score (nSPS) is 13.3. The molecule has 2 rings (SSSR count). The number of carboxylic acid groups (broad SMARTS) is 2. The quantitative estimate of drug-likeness (QED) is 0.706. The van der Waals surface area contributed by atoms with Crippen LogP contribution in [0.2, 0.25) is 0 Å². The Morgan fingerprint density at radius 1 is 0.778 bits per heavy atom. The highest BCUT2D eigenvalue weighted by Gasteiger charge is 2.63. The van der Waals surface area contributed by atoms with Crippen molar-refractivity contribution in [3.05, 3.63) is 59.2 Å². The van der Waals surface area contributed by atoms with E-state index in [0.717, 1.165) is 24.3 Å². The van der Waals surface area contributed by atoms with Gasteiger partial charge in [0.15, 0.2) is 6.17 Å². The highest BCUT2D eigenvalue weighted by atomic mass is 19.4. The molecule has 0 aliphatic rings. The fraction of sp³-hybridized carbons (Fsp3) is 0.176. The lowest BCUT2D eigenvalue weighted by atomic mass is 9.96. The van der Waals surface area contributed by atoms with Crippen molar-refractivity contribution in [3.63, 3.8) is 0 Å². The summed E-state index contributed by atoms with van der Waals surface area (Å²) in [6.07, 6.45) is -9.68. The van der Waals surface area contributed by atoms with Crippen molar-refractivity contribution in [2.45, 2.75) is 18.3 Å². The molecule has 0 heterocycles. The van der Waals surface area contributed by atoms with E-state index in [9.17, 15) is 35.9 Å². The van der Waals surface area contributed by atoms with Gasteiger partial charge >= 0.3 is 24.0 Å². The van der Waals surface area contributed by atoms with Gasteiger partial charge in [0.25, 0.3) is 0 Å². The number of carbonyl (C=O) groups is 2. The second-order valence-corrected chi connectivity index (χ2v) is 5.48. The molecule has 144 valence electrons. The Kier molecular flexibility index (Phi) is 5.21. The number of halogens is 6. The molecule has 0 saturated carbocycles. The molecule has 0 fully saturated rings. The molecule has 2 aromatic rings. The van der Waals surface area contributed by atoms with Crippen LogP contribution in [-0.4, -0.2) is 34.3 Å². The Balaban J connectivity index is 2.40. The second-order valence-electron chi connectivity index (χ2n) is 5.48. The van der Waals surface area contributed by atoms with E-state index >= 15 is 0 Å². The molecular weight excluding hydrogens is 382 g/mol. The molecule has 0 amide bonds. The fourth-order valence-corrected chi connectivity index (χ4v) is 2.28. The van der Waals surface area contributed by atoms with Gasteiger partial charge in [-0.15, -0.1) is 0 Å². The summed E-state index contributed by atoms with van der Waals surface area (Å²) in [4.78, 5) is 22.2. The first kappa shape index (κ1) is 20.3. The van der Waals surface area contributed by atoms with Gasteiger partial charge in [-0.05, 0) is 28.8 Å². The molecule has 0 radical (unpaired) electrons. The number of carboxylic acids is 2. The van der Waals surface area contributed by atoms with Gasteiger partial charge in [0, 0.05) is 0 Å². The third-order valence-electron chi connectivity index (χ3n) is 3.71.